The van der Waals surface area contributed by atoms with E-state index < -0.39 is 0 Å². The number of ketones is 1. The van der Waals surface area contributed by atoms with E-state index in [1.54, 1.807) is 54.6 Å². The number of rotatable bonds is 7. The molecule has 1 N–H and O–H groups in total. The Balaban J connectivity index is 1.53. The second-order valence-corrected chi connectivity index (χ2v) is 7.42. The zero-order valence-electron chi connectivity index (χ0n) is 15.3. The number of halogens is 2. The lowest BCUT2D eigenvalue weighted by Crippen LogP contribution is -2.20. The molecule has 0 fully saturated rings. The molecule has 0 spiro atoms. The summed E-state index contributed by atoms with van der Waals surface area (Å²) in [7, 11) is 0. The van der Waals surface area contributed by atoms with Crippen molar-refractivity contribution in [2.24, 2.45) is 0 Å². The topological polar surface area (TPSA) is 55.4 Å². The van der Waals surface area contributed by atoms with Gasteiger partial charge in [-0.1, -0.05) is 57.9 Å². The maximum atomic E-state index is 12.2. The highest BCUT2D eigenvalue weighted by molar-refractivity contribution is 9.10. The fraction of sp³-hybridized carbons (Fsp3) is 0.0435. The van der Waals surface area contributed by atoms with E-state index in [1.165, 1.54) is 6.08 Å². The number of carbonyl (C=O) groups is 2. The van der Waals surface area contributed by atoms with Crippen LogP contribution >= 0.6 is 27.5 Å². The van der Waals surface area contributed by atoms with Crippen molar-refractivity contribution in [1.82, 2.24) is 0 Å². The molecule has 0 bridgehead atoms. The quantitative estimate of drug-likeness (QED) is 0.339. The Labute approximate surface area is 182 Å². The van der Waals surface area contributed by atoms with Crippen LogP contribution in [-0.4, -0.2) is 18.3 Å². The van der Waals surface area contributed by atoms with Gasteiger partial charge >= 0.3 is 0 Å². The summed E-state index contributed by atoms with van der Waals surface area (Å²) >= 11 is 9.34. The van der Waals surface area contributed by atoms with E-state index in [9.17, 15) is 9.59 Å². The number of amides is 1. The molecule has 0 unspecified atom stereocenters. The van der Waals surface area contributed by atoms with Gasteiger partial charge in [-0.2, -0.15) is 0 Å². The van der Waals surface area contributed by atoms with Gasteiger partial charge in [0.1, 0.15) is 5.75 Å². The third-order valence-corrected chi connectivity index (χ3v) is 4.79. The van der Waals surface area contributed by atoms with Crippen LogP contribution in [0.1, 0.15) is 15.9 Å². The van der Waals surface area contributed by atoms with Crippen molar-refractivity contribution in [3.63, 3.8) is 0 Å². The molecule has 3 rings (SSSR count). The highest BCUT2D eigenvalue weighted by Crippen LogP contribution is 2.23. The van der Waals surface area contributed by atoms with Gasteiger partial charge in [0.25, 0.3) is 5.91 Å². The summed E-state index contributed by atoms with van der Waals surface area (Å²) in [6, 6.07) is 21.3. The number of benzene rings is 3. The van der Waals surface area contributed by atoms with Gasteiger partial charge in [0.15, 0.2) is 12.4 Å². The summed E-state index contributed by atoms with van der Waals surface area (Å²) in [5, 5.41) is 3.21. The van der Waals surface area contributed by atoms with Crippen LogP contribution < -0.4 is 10.1 Å². The lowest BCUT2D eigenvalue weighted by molar-refractivity contribution is -0.118. The van der Waals surface area contributed by atoms with E-state index in [0.29, 0.717) is 22.0 Å². The molecule has 0 aliphatic carbocycles. The van der Waals surface area contributed by atoms with E-state index >= 15 is 0 Å². The van der Waals surface area contributed by atoms with Crippen LogP contribution in [0.25, 0.3) is 6.08 Å². The molecule has 29 heavy (non-hydrogen) atoms. The SMILES string of the molecule is O=C(COc1ccccc1Cl)Nc1ccc(/C=C/C(=O)c2ccc(Br)cc2)cc1. The molecule has 6 heteroatoms. The van der Waals surface area contributed by atoms with Crippen molar-refractivity contribution in [2.75, 3.05) is 11.9 Å². The van der Waals surface area contributed by atoms with Gasteiger partial charge in [-0.15, -0.1) is 0 Å². The monoisotopic (exact) mass is 469 g/mol. The molecule has 0 saturated carbocycles. The predicted molar refractivity (Wildman–Crippen MR) is 120 cm³/mol. The summed E-state index contributed by atoms with van der Waals surface area (Å²) in [5.74, 6) is 0.0884. The van der Waals surface area contributed by atoms with Crippen molar-refractivity contribution in [3.05, 3.63) is 99.5 Å². The zero-order chi connectivity index (χ0) is 20.6. The van der Waals surface area contributed by atoms with Crippen molar-refractivity contribution in [2.45, 2.75) is 0 Å². The van der Waals surface area contributed by atoms with Crippen LogP contribution in [0.2, 0.25) is 5.02 Å². The lowest BCUT2D eigenvalue weighted by Gasteiger charge is -2.08. The molecule has 1 amide bonds. The van der Waals surface area contributed by atoms with Crippen molar-refractivity contribution >= 4 is 51.0 Å². The molecule has 0 heterocycles. The van der Waals surface area contributed by atoms with E-state index in [0.717, 1.165) is 10.0 Å². The molecule has 3 aromatic carbocycles. The number of nitrogens with one attached hydrogen (secondary N) is 1. The number of allylic oxidation sites excluding steroid dienone is 1. The van der Waals surface area contributed by atoms with Gasteiger partial charge in [0.05, 0.1) is 5.02 Å². The van der Waals surface area contributed by atoms with E-state index in [-0.39, 0.29) is 18.3 Å². The molecule has 146 valence electrons. The van der Waals surface area contributed by atoms with Crippen LogP contribution in [-0.2, 0) is 4.79 Å². The Bertz CT molecular complexity index is 1030. The van der Waals surface area contributed by atoms with Crippen LogP contribution in [0.15, 0.2) is 83.3 Å². The van der Waals surface area contributed by atoms with Crippen LogP contribution in [0.4, 0.5) is 5.69 Å². The lowest BCUT2D eigenvalue weighted by atomic mass is 10.1. The maximum absolute atomic E-state index is 12.2. The third kappa shape index (κ3) is 6.31. The highest BCUT2D eigenvalue weighted by atomic mass is 79.9. The Morgan fingerprint density at radius 2 is 1.66 bits per heavy atom. The van der Waals surface area contributed by atoms with Crippen molar-refractivity contribution in [1.29, 1.82) is 0 Å². The highest BCUT2D eigenvalue weighted by Gasteiger charge is 2.06. The molecule has 4 nitrogen and oxygen atoms in total. The van der Waals surface area contributed by atoms with E-state index in [4.69, 9.17) is 16.3 Å². The van der Waals surface area contributed by atoms with E-state index in [2.05, 4.69) is 21.2 Å². The molecule has 3 aromatic rings. The molecule has 0 saturated heterocycles. The van der Waals surface area contributed by atoms with Crippen molar-refractivity contribution in [3.8, 4) is 5.75 Å². The fourth-order valence-corrected chi connectivity index (χ4v) is 2.92. The largest absolute Gasteiger partial charge is 0.482 e. The first kappa shape index (κ1) is 20.8. The zero-order valence-corrected chi connectivity index (χ0v) is 17.6. The number of hydrogen-bond donors (Lipinski definition) is 1. The first-order valence-electron chi connectivity index (χ1n) is 8.76. The summed E-state index contributed by atoms with van der Waals surface area (Å²) < 4.78 is 6.34. The number of ether oxygens (including phenoxy) is 1. The van der Waals surface area contributed by atoms with Gasteiger partial charge in [0, 0.05) is 15.7 Å². The third-order valence-electron chi connectivity index (χ3n) is 3.95. The summed E-state index contributed by atoms with van der Waals surface area (Å²) in [6.07, 6.45) is 3.25. The van der Waals surface area contributed by atoms with Crippen molar-refractivity contribution < 1.29 is 14.3 Å². The Morgan fingerprint density at radius 1 is 0.966 bits per heavy atom. The maximum Gasteiger partial charge on any atom is 0.262 e. The normalized spacial score (nSPS) is 10.7. The van der Waals surface area contributed by atoms with Gasteiger partial charge < -0.3 is 10.1 Å². The average molecular weight is 471 g/mol. The average Bonchev–Trinajstić information content (AvgIpc) is 2.73. The summed E-state index contributed by atoms with van der Waals surface area (Å²) in [6.45, 7) is -0.146. The minimum Gasteiger partial charge on any atom is -0.482 e. The molecule has 0 aromatic heterocycles. The van der Waals surface area contributed by atoms with E-state index in [1.807, 2.05) is 24.3 Å². The Morgan fingerprint density at radius 3 is 2.34 bits per heavy atom. The first-order valence-corrected chi connectivity index (χ1v) is 9.93. The number of para-hydroxylation sites is 1. The van der Waals surface area contributed by atoms with Gasteiger partial charge in [0.2, 0.25) is 0 Å². The standard InChI is InChI=1S/C23H17BrClNO3/c24-18-10-8-17(9-11-18)21(27)14-7-16-5-12-19(13-6-16)26-23(28)15-29-22-4-2-1-3-20(22)25/h1-14H,15H2,(H,26,28)/b14-7+. The molecule has 0 atom stereocenters. The molecule has 0 aliphatic heterocycles. The number of hydrogen-bond acceptors (Lipinski definition) is 3. The number of anilines is 1. The van der Waals surface area contributed by atoms with Gasteiger partial charge in [-0.3, -0.25) is 9.59 Å². The molecule has 0 aliphatic rings. The number of carbonyl (C=O) groups excluding carboxylic acids is 2. The smallest absolute Gasteiger partial charge is 0.262 e. The first-order chi connectivity index (χ1) is 14.0. The summed E-state index contributed by atoms with van der Waals surface area (Å²) in [5.41, 5.74) is 2.10. The molecular formula is C23H17BrClNO3. The predicted octanol–water partition coefficient (Wildman–Crippen LogP) is 6.02. The van der Waals surface area contributed by atoms with Gasteiger partial charge in [-0.25, -0.2) is 0 Å². The second-order valence-electron chi connectivity index (χ2n) is 6.09. The Hall–Kier alpha value is -2.89. The second kappa shape index (κ2) is 10.0. The Kier molecular flexibility index (Phi) is 7.22. The molecular weight excluding hydrogens is 454 g/mol. The molecule has 0 radical (unpaired) electrons. The minimum absolute atomic E-state index is 0.0772. The van der Waals surface area contributed by atoms with Crippen LogP contribution in [0.5, 0.6) is 5.75 Å². The summed E-state index contributed by atoms with van der Waals surface area (Å²) in [4.78, 5) is 24.2. The van der Waals surface area contributed by atoms with Crippen LogP contribution in [0, 0.1) is 0 Å². The minimum atomic E-state index is -0.293. The van der Waals surface area contributed by atoms with Crippen LogP contribution in [0.3, 0.4) is 0 Å². The fourth-order valence-electron chi connectivity index (χ4n) is 2.46. The van der Waals surface area contributed by atoms with Gasteiger partial charge in [-0.05, 0) is 60.2 Å².